The van der Waals surface area contributed by atoms with Gasteiger partial charge in [0.15, 0.2) is 0 Å². The minimum absolute atomic E-state index is 0.0466. The third-order valence-corrected chi connectivity index (χ3v) is 9.91. The van der Waals surface area contributed by atoms with Crippen LogP contribution in [0.5, 0.6) is 5.75 Å². The number of ether oxygens (including phenoxy) is 1. The summed E-state index contributed by atoms with van der Waals surface area (Å²) in [7, 11) is -0.321. The van der Waals surface area contributed by atoms with Crippen LogP contribution in [-0.4, -0.2) is 86.5 Å². The average Bonchev–Trinajstić information content (AvgIpc) is 3.44. The summed E-state index contributed by atoms with van der Waals surface area (Å²) in [5.41, 5.74) is 4.47. The molecule has 4 heterocycles. The van der Waals surface area contributed by atoms with Gasteiger partial charge in [0.25, 0.3) is 5.92 Å². The molecule has 0 amide bonds. The van der Waals surface area contributed by atoms with Crippen LogP contribution in [0.2, 0.25) is 0 Å². The fourth-order valence-corrected chi connectivity index (χ4v) is 6.63. The molecule has 0 bridgehead atoms. The Kier molecular flexibility index (Phi) is 8.10. The molecule has 6 rings (SSSR count). The van der Waals surface area contributed by atoms with Crippen molar-refractivity contribution in [3.63, 3.8) is 0 Å². The van der Waals surface area contributed by atoms with Crippen LogP contribution in [0.3, 0.4) is 0 Å². The molecule has 1 N–H and O–H groups in total. The molecule has 0 saturated carbocycles. The third kappa shape index (κ3) is 6.16. The van der Waals surface area contributed by atoms with E-state index in [0.717, 1.165) is 42.8 Å². The maximum atomic E-state index is 13.6. The predicted molar refractivity (Wildman–Crippen MR) is 169 cm³/mol. The van der Waals surface area contributed by atoms with Crippen molar-refractivity contribution in [3.05, 3.63) is 60.8 Å². The molecule has 2 fully saturated rings. The number of rotatable bonds is 8. The number of fused-ring (bicyclic) bond motifs is 1. The molecule has 0 atom stereocenters. The molecule has 2 aromatic heterocycles. The second kappa shape index (κ2) is 11.8. The van der Waals surface area contributed by atoms with Gasteiger partial charge in [-0.1, -0.05) is 18.2 Å². The molecule has 10 nitrogen and oxygen atoms in total. The molecule has 2 aliphatic heterocycles. The molecule has 13 heteroatoms. The second-order valence-corrected chi connectivity index (χ2v) is 13.5. The molecule has 0 spiro atoms. The molecule has 0 radical (unpaired) electrons. The van der Waals surface area contributed by atoms with Crippen molar-refractivity contribution in [2.75, 3.05) is 61.1 Å². The topological polar surface area (TPSA) is 95.3 Å². The molecule has 0 aliphatic carbocycles. The predicted octanol–water partition coefficient (Wildman–Crippen LogP) is 5.24. The smallest absolute Gasteiger partial charge is 0.250 e. The van der Waals surface area contributed by atoms with Crippen LogP contribution in [0.25, 0.3) is 16.8 Å². The first-order valence-electron chi connectivity index (χ1n) is 14.7. The van der Waals surface area contributed by atoms with E-state index in [-0.39, 0.29) is 12.8 Å². The van der Waals surface area contributed by atoms with E-state index in [0.29, 0.717) is 47.8 Å². The minimum Gasteiger partial charge on any atom is -0.494 e. The standard InChI is InChI=1S/C31H37F2N7O3S/c1-37(44(3,41)42)27-7-5-4-6-25(27)28-11-9-24-21-34-30(36-40(24)28)35-26-10-8-23(20-29(26)43-2)38-16-12-22(13-17-38)39-18-14-31(32,33)15-19-39/h4-11,20-22H,12-19H2,1-3H3,(H,35,36). The summed E-state index contributed by atoms with van der Waals surface area (Å²) in [6.07, 6.45) is 4.65. The molecule has 44 heavy (non-hydrogen) atoms. The van der Waals surface area contributed by atoms with Gasteiger partial charge in [0.2, 0.25) is 16.0 Å². The van der Waals surface area contributed by atoms with Crippen LogP contribution >= 0.6 is 0 Å². The lowest BCUT2D eigenvalue weighted by Gasteiger charge is -2.42. The summed E-state index contributed by atoms with van der Waals surface area (Å²) in [6, 6.07) is 17.4. The van der Waals surface area contributed by atoms with Crippen molar-refractivity contribution < 1.29 is 21.9 Å². The number of likely N-dealkylation sites (tertiary alicyclic amines) is 1. The Bertz CT molecular complexity index is 1750. The maximum Gasteiger partial charge on any atom is 0.250 e. The van der Waals surface area contributed by atoms with Gasteiger partial charge >= 0.3 is 0 Å². The van der Waals surface area contributed by atoms with Crippen LogP contribution in [0.1, 0.15) is 25.7 Å². The number of methoxy groups -OCH3 is 1. The van der Waals surface area contributed by atoms with E-state index in [9.17, 15) is 17.2 Å². The summed E-state index contributed by atoms with van der Waals surface area (Å²) in [6.45, 7) is 2.63. The third-order valence-electron chi connectivity index (χ3n) is 8.72. The number of benzene rings is 2. The normalized spacial score (nSPS) is 18.0. The van der Waals surface area contributed by atoms with Crippen LogP contribution in [0.15, 0.2) is 60.8 Å². The molecule has 0 unspecified atom stereocenters. The van der Waals surface area contributed by atoms with E-state index in [1.165, 1.54) is 17.6 Å². The molecule has 234 valence electrons. The lowest BCUT2D eigenvalue weighted by atomic mass is 9.98. The van der Waals surface area contributed by atoms with Crippen molar-refractivity contribution in [2.24, 2.45) is 0 Å². The minimum atomic E-state index is -3.47. The second-order valence-electron chi connectivity index (χ2n) is 11.5. The number of para-hydroxylation sites is 1. The monoisotopic (exact) mass is 625 g/mol. The van der Waals surface area contributed by atoms with Gasteiger partial charge in [0, 0.05) is 69.4 Å². The van der Waals surface area contributed by atoms with Gasteiger partial charge in [-0.2, -0.15) is 0 Å². The first kappa shape index (κ1) is 30.1. The number of piperidine rings is 2. The quantitative estimate of drug-likeness (QED) is 0.284. The van der Waals surface area contributed by atoms with Crippen LogP contribution in [0, 0.1) is 0 Å². The Hall–Kier alpha value is -3.97. The molecule has 2 aliphatic rings. The van der Waals surface area contributed by atoms with Gasteiger partial charge in [0.1, 0.15) is 5.75 Å². The first-order chi connectivity index (χ1) is 21.0. The zero-order chi connectivity index (χ0) is 31.1. The summed E-state index contributed by atoms with van der Waals surface area (Å²) in [4.78, 5) is 9.03. The number of alkyl halides is 2. The lowest BCUT2D eigenvalue weighted by Crippen LogP contribution is -2.49. The van der Waals surface area contributed by atoms with Gasteiger partial charge in [-0.25, -0.2) is 26.7 Å². The van der Waals surface area contributed by atoms with E-state index in [1.54, 1.807) is 30.0 Å². The Morgan fingerprint density at radius 2 is 1.75 bits per heavy atom. The van der Waals surface area contributed by atoms with Crippen LogP contribution in [0.4, 0.5) is 31.8 Å². The number of hydrogen-bond acceptors (Lipinski definition) is 8. The van der Waals surface area contributed by atoms with Crippen molar-refractivity contribution in [3.8, 4) is 17.0 Å². The summed E-state index contributed by atoms with van der Waals surface area (Å²) in [5, 5.41) is 8.00. The number of nitrogens with zero attached hydrogens (tertiary/aromatic N) is 6. The fourth-order valence-electron chi connectivity index (χ4n) is 6.11. The molecule has 2 saturated heterocycles. The van der Waals surface area contributed by atoms with Gasteiger partial charge < -0.3 is 15.0 Å². The Balaban J connectivity index is 1.19. The van der Waals surface area contributed by atoms with Gasteiger partial charge in [0.05, 0.1) is 42.1 Å². The van der Waals surface area contributed by atoms with Crippen LogP contribution in [-0.2, 0) is 10.0 Å². The van der Waals surface area contributed by atoms with Gasteiger partial charge in [-0.3, -0.25) is 9.21 Å². The molecule has 4 aromatic rings. The summed E-state index contributed by atoms with van der Waals surface area (Å²) < 4.78 is 60.5. The fraction of sp³-hybridized carbons (Fsp3) is 0.419. The highest BCUT2D eigenvalue weighted by molar-refractivity contribution is 7.92. The Morgan fingerprint density at radius 1 is 1.02 bits per heavy atom. The SMILES string of the molecule is COc1cc(N2CCC(N3CCC(F)(F)CC3)CC2)ccc1Nc1ncc2ccc(-c3ccccc3N(C)S(C)(=O)=O)n2n1. The number of nitrogens with one attached hydrogen (secondary N) is 1. The number of anilines is 4. The first-order valence-corrected chi connectivity index (χ1v) is 16.6. The van der Waals surface area contributed by atoms with E-state index in [4.69, 9.17) is 9.84 Å². The highest BCUT2D eigenvalue weighted by atomic mass is 32.2. The van der Waals surface area contributed by atoms with E-state index in [2.05, 4.69) is 20.1 Å². The average molecular weight is 626 g/mol. The Labute approximate surface area is 256 Å². The number of aromatic nitrogens is 3. The van der Waals surface area contributed by atoms with Crippen LogP contribution < -0.4 is 19.3 Å². The van der Waals surface area contributed by atoms with Crippen molar-refractivity contribution in [2.45, 2.75) is 37.6 Å². The maximum absolute atomic E-state index is 13.6. The largest absolute Gasteiger partial charge is 0.494 e. The highest BCUT2D eigenvalue weighted by Gasteiger charge is 2.37. The summed E-state index contributed by atoms with van der Waals surface area (Å²) in [5.74, 6) is -1.53. The zero-order valence-electron chi connectivity index (χ0n) is 25.1. The lowest BCUT2D eigenvalue weighted by molar-refractivity contribution is -0.0646. The molecule has 2 aromatic carbocycles. The summed E-state index contributed by atoms with van der Waals surface area (Å²) >= 11 is 0. The Morgan fingerprint density at radius 3 is 2.45 bits per heavy atom. The van der Waals surface area contributed by atoms with Gasteiger partial charge in [-0.05, 0) is 43.2 Å². The van der Waals surface area contributed by atoms with E-state index in [1.807, 2.05) is 42.5 Å². The van der Waals surface area contributed by atoms with Crippen molar-refractivity contribution >= 4 is 38.6 Å². The number of halogens is 2. The molecular formula is C31H37F2N7O3S. The highest BCUT2D eigenvalue weighted by Crippen LogP contribution is 2.36. The van der Waals surface area contributed by atoms with Crippen molar-refractivity contribution in [1.29, 1.82) is 0 Å². The van der Waals surface area contributed by atoms with Gasteiger partial charge in [-0.15, -0.1) is 5.10 Å². The van der Waals surface area contributed by atoms with E-state index >= 15 is 0 Å². The molecular weight excluding hydrogens is 588 g/mol. The zero-order valence-corrected chi connectivity index (χ0v) is 25.9. The number of hydrogen-bond donors (Lipinski definition) is 1. The van der Waals surface area contributed by atoms with Crippen molar-refractivity contribution in [1.82, 2.24) is 19.5 Å². The van der Waals surface area contributed by atoms with E-state index < -0.39 is 15.9 Å². The number of sulfonamides is 1.